The fourth-order valence-corrected chi connectivity index (χ4v) is 2.53. The molecule has 1 atom stereocenters. The van der Waals surface area contributed by atoms with E-state index in [9.17, 15) is 0 Å². The van der Waals surface area contributed by atoms with Gasteiger partial charge in [-0.2, -0.15) is 11.8 Å². The summed E-state index contributed by atoms with van der Waals surface area (Å²) in [5.74, 6) is 4.29. The Bertz CT molecular complexity index is 393. The highest BCUT2D eigenvalue weighted by Gasteiger charge is 2.22. The van der Waals surface area contributed by atoms with Gasteiger partial charge in [-0.25, -0.2) is 0 Å². The molecular formula is C14H21NO2S. The largest absolute Gasteiger partial charge is 0.493 e. The van der Waals surface area contributed by atoms with Gasteiger partial charge in [0.25, 0.3) is 0 Å². The van der Waals surface area contributed by atoms with Gasteiger partial charge in [0.2, 0.25) is 0 Å². The van der Waals surface area contributed by atoms with Crippen molar-refractivity contribution >= 4 is 11.8 Å². The number of rotatable bonds is 6. The van der Waals surface area contributed by atoms with E-state index in [-0.39, 0.29) is 0 Å². The summed E-state index contributed by atoms with van der Waals surface area (Å²) in [5, 5.41) is 0. The number of methoxy groups -OCH3 is 1. The van der Waals surface area contributed by atoms with Crippen LogP contribution in [-0.2, 0) is 0 Å². The van der Waals surface area contributed by atoms with Gasteiger partial charge >= 0.3 is 0 Å². The molecular weight excluding hydrogens is 246 g/mol. The lowest BCUT2D eigenvalue weighted by atomic mass is 9.97. The van der Waals surface area contributed by atoms with Gasteiger partial charge in [0.05, 0.1) is 7.11 Å². The molecule has 0 spiro atoms. The first-order valence-corrected chi connectivity index (χ1v) is 7.52. The van der Waals surface area contributed by atoms with Gasteiger partial charge < -0.3 is 15.2 Å². The van der Waals surface area contributed by atoms with Crippen LogP contribution < -0.4 is 15.2 Å². The Hall–Kier alpha value is -0.870. The van der Waals surface area contributed by atoms with E-state index in [2.05, 4.69) is 19.1 Å². The van der Waals surface area contributed by atoms with E-state index in [4.69, 9.17) is 15.2 Å². The van der Waals surface area contributed by atoms with Crippen molar-refractivity contribution in [3.8, 4) is 11.5 Å². The zero-order valence-corrected chi connectivity index (χ0v) is 11.8. The molecule has 0 amide bonds. The van der Waals surface area contributed by atoms with Crippen LogP contribution in [0.15, 0.2) is 18.2 Å². The van der Waals surface area contributed by atoms with Crippen molar-refractivity contribution in [2.24, 2.45) is 5.73 Å². The predicted molar refractivity (Wildman–Crippen MR) is 76.8 cm³/mol. The van der Waals surface area contributed by atoms with E-state index in [0.29, 0.717) is 18.6 Å². The molecule has 0 radical (unpaired) electrons. The minimum Gasteiger partial charge on any atom is -0.493 e. The number of hydrogen-bond donors (Lipinski definition) is 1. The molecule has 0 aliphatic carbocycles. The van der Waals surface area contributed by atoms with Crippen molar-refractivity contribution in [3.63, 3.8) is 0 Å². The van der Waals surface area contributed by atoms with Crippen LogP contribution in [0.5, 0.6) is 11.5 Å². The Labute approximate surface area is 113 Å². The molecule has 2 rings (SSSR count). The summed E-state index contributed by atoms with van der Waals surface area (Å²) < 4.78 is 11.3. The second kappa shape index (κ2) is 6.34. The molecule has 100 valence electrons. The predicted octanol–water partition coefficient (Wildman–Crippen LogP) is 2.64. The van der Waals surface area contributed by atoms with Crippen molar-refractivity contribution in [1.29, 1.82) is 0 Å². The number of hydrogen-bond acceptors (Lipinski definition) is 4. The molecule has 2 N–H and O–H groups in total. The molecule has 1 aromatic carbocycles. The Kier molecular flexibility index (Phi) is 4.78. The van der Waals surface area contributed by atoms with E-state index in [0.717, 1.165) is 29.4 Å². The minimum absolute atomic E-state index is 0.337. The zero-order chi connectivity index (χ0) is 13.0. The third-order valence-electron chi connectivity index (χ3n) is 3.26. The number of thioether (sulfide) groups is 1. The Balaban J connectivity index is 2.15. The normalized spacial score (nSPS) is 17.1. The van der Waals surface area contributed by atoms with Crippen LogP contribution in [0, 0.1) is 0 Å². The first kappa shape index (κ1) is 13.6. The maximum Gasteiger partial charge on any atom is 0.161 e. The molecule has 1 aliphatic heterocycles. The summed E-state index contributed by atoms with van der Waals surface area (Å²) >= 11 is 1.91. The van der Waals surface area contributed by atoms with Gasteiger partial charge in [-0.05, 0) is 36.6 Å². The van der Waals surface area contributed by atoms with Crippen LogP contribution in [0.25, 0.3) is 0 Å². The smallest absolute Gasteiger partial charge is 0.161 e. The SMILES string of the molecule is COc1ccc(C(C)CCN)cc1OC1CSC1. The van der Waals surface area contributed by atoms with E-state index >= 15 is 0 Å². The molecule has 18 heavy (non-hydrogen) atoms. The van der Waals surface area contributed by atoms with E-state index in [1.165, 1.54) is 5.56 Å². The lowest BCUT2D eigenvalue weighted by Crippen LogP contribution is -2.31. The van der Waals surface area contributed by atoms with E-state index in [1.807, 2.05) is 17.8 Å². The van der Waals surface area contributed by atoms with Gasteiger partial charge in [-0.15, -0.1) is 0 Å². The fourth-order valence-electron chi connectivity index (χ4n) is 1.97. The Morgan fingerprint density at radius 1 is 1.39 bits per heavy atom. The monoisotopic (exact) mass is 267 g/mol. The number of nitrogens with two attached hydrogens (primary N) is 1. The van der Waals surface area contributed by atoms with Crippen LogP contribution in [-0.4, -0.2) is 31.3 Å². The van der Waals surface area contributed by atoms with Crippen LogP contribution in [0.2, 0.25) is 0 Å². The van der Waals surface area contributed by atoms with Gasteiger partial charge in [0.15, 0.2) is 11.5 Å². The molecule has 0 saturated carbocycles. The standard InChI is InChI=1S/C14H21NO2S/c1-10(5-6-15)11-3-4-13(16-2)14(7-11)17-12-8-18-9-12/h3-4,7,10,12H,5-6,8-9,15H2,1-2H3. The number of ether oxygens (including phenoxy) is 2. The molecule has 0 bridgehead atoms. The summed E-state index contributed by atoms with van der Waals surface area (Å²) in [5.41, 5.74) is 6.88. The van der Waals surface area contributed by atoms with Gasteiger partial charge in [0, 0.05) is 11.5 Å². The second-order valence-corrected chi connectivity index (χ2v) is 5.74. The van der Waals surface area contributed by atoms with Crippen molar-refractivity contribution in [2.75, 3.05) is 25.2 Å². The van der Waals surface area contributed by atoms with Crippen LogP contribution in [0.4, 0.5) is 0 Å². The average molecular weight is 267 g/mol. The molecule has 1 saturated heterocycles. The molecule has 1 aliphatic rings. The molecule has 1 aromatic rings. The van der Waals surface area contributed by atoms with Crippen molar-refractivity contribution < 1.29 is 9.47 Å². The summed E-state index contributed by atoms with van der Waals surface area (Å²) in [4.78, 5) is 0. The Morgan fingerprint density at radius 2 is 2.17 bits per heavy atom. The third-order valence-corrected chi connectivity index (χ3v) is 4.47. The molecule has 1 fully saturated rings. The van der Waals surface area contributed by atoms with Crippen molar-refractivity contribution in [3.05, 3.63) is 23.8 Å². The topological polar surface area (TPSA) is 44.5 Å². The highest BCUT2D eigenvalue weighted by atomic mass is 32.2. The number of benzene rings is 1. The zero-order valence-electron chi connectivity index (χ0n) is 11.0. The first-order valence-electron chi connectivity index (χ1n) is 6.37. The molecule has 0 aromatic heterocycles. The van der Waals surface area contributed by atoms with Crippen LogP contribution >= 0.6 is 11.8 Å². The Morgan fingerprint density at radius 3 is 2.72 bits per heavy atom. The van der Waals surface area contributed by atoms with E-state index in [1.54, 1.807) is 7.11 Å². The van der Waals surface area contributed by atoms with Crippen molar-refractivity contribution in [1.82, 2.24) is 0 Å². The molecule has 4 heteroatoms. The molecule has 1 heterocycles. The average Bonchev–Trinajstić information content (AvgIpc) is 2.34. The third kappa shape index (κ3) is 3.12. The molecule has 3 nitrogen and oxygen atoms in total. The quantitative estimate of drug-likeness (QED) is 0.860. The fraction of sp³-hybridized carbons (Fsp3) is 0.571. The lowest BCUT2D eigenvalue weighted by molar-refractivity contribution is 0.228. The summed E-state index contributed by atoms with van der Waals surface area (Å²) in [6.07, 6.45) is 1.33. The minimum atomic E-state index is 0.337. The van der Waals surface area contributed by atoms with Crippen molar-refractivity contribution in [2.45, 2.75) is 25.4 Å². The van der Waals surface area contributed by atoms with Gasteiger partial charge in [0.1, 0.15) is 6.10 Å². The summed E-state index contributed by atoms with van der Waals surface area (Å²) in [7, 11) is 1.68. The maximum atomic E-state index is 5.96. The highest BCUT2D eigenvalue weighted by molar-refractivity contribution is 8.00. The highest BCUT2D eigenvalue weighted by Crippen LogP contribution is 2.34. The maximum absolute atomic E-state index is 5.96. The second-order valence-electron chi connectivity index (χ2n) is 4.67. The summed E-state index contributed by atoms with van der Waals surface area (Å²) in [6, 6.07) is 6.19. The van der Waals surface area contributed by atoms with E-state index < -0.39 is 0 Å². The summed E-state index contributed by atoms with van der Waals surface area (Å²) in [6.45, 7) is 2.90. The van der Waals surface area contributed by atoms with Gasteiger partial charge in [-0.3, -0.25) is 0 Å². The first-order chi connectivity index (χ1) is 8.74. The molecule has 1 unspecified atom stereocenters. The van der Waals surface area contributed by atoms with Crippen LogP contribution in [0.1, 0.15) is 24.8 Å². The lowest BCUT2D eigenvalue weighted by Gasteiger charge is -2.27. The van der Waals surface area contributed by atoms with Crippen LogP contribution in [0.3, 0.4) is 0 Å². The van der Waals surface area contributed by atoms with Gasteiger partial charge in [-0.1, -0.05) is 13.0 Å².